The summed E-state index contributed by atoms with van der Waals surface area (Å²) in [6, 6.07) is 16.3. The largest absolute Gasteiger partial charge is 0.382 e. The van der Waals surface area contributed by atoms with Crippen molar-refractivity contribution in [2.24, 2.45) is 0 Å². The fourth-order valence-corrected chi connectivity index (χ4v) is 2.99. The van der Waals surface area contributed by atoms with Crippen molar-refractivity contribution in [2.45, 2.75) is 11.8 Å². The highest BCUT2D eigenvalue weighted by molar-refractivity contribution is 7.94. The van der Waals surface area contributed by atoms with Crippen LogP contribution in [-0.2, 0) is 9.84 Å². The summed E-state index contributed by atoms with van der Waals surface area (Å²) in [5.74, 6) is 0. The highest BCUT2D eigenvalue weighted by Gasteiger charge is 2.10. The summed E-state index contributed by atoms with van der Waals surface area (Å²) < 4.78 is 25.8. The van der Waals surface area contributed by atoms with Crippen LogP contribution in [0.2, 0.25) is 0 Å². The van der Waals surface area contributed by atoms with Crippen molar-refractivity contribution in [1.82, 2.24) is 4.73 Å². The number of hydrogen-bond donors (Lipinski definition) is 0. The van der Waals surface area contributed by atoms with Crippen LogP contribution in [0.3, 0.4) is 0 Å². The zero-order valence-corrected chi connectivity index (χ0v) is 12.8. The van der Waals surface area contributed by atoms with E-state index in [1.54, 1.807) is 30.5 Å². The maximum atomic E-state index is 12.2. The molecule has 0 aliphatic heterocycles. The van der Waals surface area contributed by atoms with Crippen LogP contribution in [-0.4, -0.2) is 13.1 Å². The fraction of sp³-hybridized carbons (Fsp3) is 0.0588. The van der Waals surface area contributed by atoms with Crippen LogP contribution in [0.1, 0.15) is 5.56 Å². The molecule has 0 radical (unpaired) electrons. The number of sulfone groups is 1. The van der Waals surface area contributed by atoms with Crippen molar-refractivity contribution >= 4 is 20.7 Å². The monoisotopic (exact) mass is 313 g/mol. The van der Waals surface area contributed by atoms with E-state index in [4.69, 9.17) is 4.84 Å². The third-order valence-corrected chi connectivity index (χ3v) is 4.72. The average Bonchev–Trinajstić information content (AvgIpc) is 2.91. The van der Waals surface area contributed by atoms with Crippen LogP contribution in [0.5, 0.6) is 0 Å². The molecule has 0 atom stereocenters. The Balaban J connectivity index is 1.80. The molecular weight excluding hydrogens is 298 g/mol. The Kier molecular flexibility index (Phi) is 3.73. The van der Waals surface area contributed by atoms with Gasteiger partial charge in [0.25, 0.3) is 0 Å². The van der Waals surface area contributed by atoms with Crippen molar-refractivity contribution in [3.63, 3.8) is 0 Å². The number of aromatic nitrogens is 1. The molecule has 0 N–H and O–H groups in total. The molecule has 5 heteroatoms. The standard InChI is InChI=1S/C17H15NO3S/c1-14-6-8-16(9-7-14)22(19,20)13-12-21-18-11-10-15-4-2-3-5-17(15)18/h2-13H,1H3/b13-12+. The molecule has 0 unspecified atom stereocenters. The molecule has 1 heterocycles. The van der Waals surface area contributed by atoms with E-state index in [0.717, 1.165) is 21.9 Å². The molecular formula is C17H15NO3S. The minimum atomic E-state index is -3.50. The normalized spacial score (nSPS) is 12.0. The van der Waals surface area contributed by atoms with Crippen LogP contribution in [0.25, 0.3) is 10.9 Å². The summed E-state index contributed by atoms with van der Waals surface area (Å²) in [4.78, 5) is 5.64. The SMILES string of the molecule is Cc1ccc(S(=O)(=O)/C=C/On2ccc3ccccc32)cc1. The lowest BCUT2D eigenvalue weighted by molar-refractivity contribution is 0.226. The Morgan fingerprint density at radius 1 is 1.00 bits per heavy atom. The van der Waals surface area contributed by atoms with Crippen LogP contribution >= 0.6 is 0 Å². The van der Waals surface area contributed by atoms with Crippen molar-refractivity contribution < 1.29 is 13.3 Å². The van der Waals surface area contributed by atoms with Crippen molar-refractivity contribution in [1.29, 1.82) is 0 Å². The van der Waals surface area contributed by atoms with E-state index in [9.17, 15) is 8.42 Å². The molecule has 112 valence electrons. The second kappa shape index (κ2) is 5.69. The summed E-state index contributed by atoms with van der Waals surface area (Å²) in [5, 5.41) is 2.09. The molecule has 0 amide bonds. The van der Waals surface area contributed by atoms with E-state index in [1.165, 1.54) is 11.0 Å². The van der Waals surface area contributed by atoms with Crippen molar-refractivity contribution in [2.75, 3.05) is 0 Å². The van der Waals surface area contributed by atoms with E-state index >= 15 is 0 Å². The van der Waals surface area contributed by atoms with Gasteiger partial charge in [-0.2, -0.15) is 4.73 Å². The molecule has 2 aromatic carbocycles. The molecule has 0 aliphatic carbocycles. The Morgan fingerprint density at radius 2 is 1.73 bits per heavy atom. The second-order valence-electron chi connectivity index (χ2n) is 4.94. The van der Waals surface area contributed by atoms with E-state index in [-0.39, 0.29) is 4.90 Å². The quantitative estimate of drug-likeness (QED) is 0.694. The van der Waals surface area contributed by atoms with Gasteiger partial charge in [0.1, 0.15) is 6.26 Å². The van der Waals surface area contributed by atoms with Gasteiger partial charge < -0.3 is 4.84 Å². The first-order chi connectivity index (χ1) is 10.6. The van der Waals surface area contributed by atoms with E-state index in [2.05, 4.69) is 0 Å². The molecule has 3 aromatic rings. The predicted octanol–water partition coefficient (Wildman–Crippen LogP) is 3.32. The predicted molar refractivity (Wildman–Crippen MR) is 86.0 cm³/mol. The Labute approximate surface area is 129 Å². The van der Waals surface area contributed by atoms with Crippen molar-refractivity contribution in [3.8, 4) is 0 Å². The topological polar surface area (TPSA) is 48.3 Å². The van der Waals surface area contributed by atoms with Gasteiger partial charge in [-0.25, -0.2) is 8.42 Å². The number of para-hydroxylation sites is 1. The van der Waals surface area contributed by atoms with Gasteiger partial charge in [0.2, 0.25) is 9.84 Å². The minimum Gasteiger partial charge on any atom is -0.382 e. The summed E-state index contributed by atoms with van der Waals surface area (Å²) in [5.41, 5.74) is 1.89. The summed E-state index contributed by atoms with van der Waals surface area (Å²) >= 11 is 0. The van der Waals surface area contributed by atoms with E-state index in [1.807, 2.05) is 37.3 Å². The van der Waals surface area contributed by atoms with Crippen LogP contribution in [0.15, 0.2) is 77.4 Å². The first-order valence-corrected chi connectivity index (χ1v) is 8.32. The molecule has 3 rings (SSSR count). The summed E-state index contributed by atoms with van der Waals surface area (Å²) in [6.45, 7) is 1.91. The summed E-state index contributed by atoms with van der Waals surface area (Å²) in [7, 11) is -3.50. The molecule has 4 nitrogen and oxygen atoms in total. The maximum absolute atomic E-state index is 12.2. The smallest absolute Gasteiger partial charge is 0.202 e. The molecule has 0 spiro atoms. The highest BCUT2D eigenvalue weighted by atomic mass is 32.2. The van der Waals surface area contributed by atoms with Crippen LogP contribution < -0.4 is 4.84 Å². The van der Waals surface area contributed by atoms with Crippen LogP contribution in [0, 0.1) is 6.92 Å². The Bertz CT molecular complexity index is 922. The zero-order chi connectivity index (χ0) is 15.6. The van der Waals surface area contributed by atoms with E-state index < -0.39 is 9.84 Å². The molecule has 22 heavy (non-hydrogen) atoms. The molecule has 0 aliphatic rings. The number of hydrogen-bond acceptors (Lipinski definition) is 3. The van der Waals surface area contributed by atoms with Gasteiger partial charge in [0.15, 0.2) is 0 Å². The lowest BCUT2D eigenvalue weighted by Crippen LogP contribution is -2.04. The van der Waals surface area contributed by atoms with Gasteiger partial charge in [-0.15, -0.1) is 0 Å². The van der Waals surface area contributed by atoms with Gasteiger partial charge >= 0.3 is 0 Å². The van der Waals surface area contributed by atoms with Crippen LogP contribution in [0.4, 0.5) is 0 Å². The van der Waals surface area contributed by atoms with Gasteiger partial charge in [0.05, 0.1) is 15.8 Å². The maximum Gasteiger partial charge on any atom is 0.202 e. The molecule has 0 saturated heterocycles. The van der Waals surface area contributed by atoms with Gasteiger partial charge in [-0.1, -0.05) is 35.9 Å². The minimum absolute atomic E-state index is 0.246. The number of nitrogens with zero attached hydrogens (tertiary/aromatic N) is 1. The van der Waals surface area contributed by atoms with Gasteiger partial charge in [-0.3, -0.25) is 0 Å². The second-order valence-corrected chi connectivity index (χ2v) is 6.77. The number of rotatable bonds is 4. The highest BCUT2D eigenvalue weighted by Crippen LogP contribution is 2.15. The third kappa shape index (κ3) is 2.89. The zero-order valence-electron chi connectivity index (χ0n) is 12.0. The Morgan fingerprint density at radius 3 is 2.50 bits per heavy atom. The lowest BCUT2D eigenvalue weighted by atomic mass is 10.2. The lowest BCUT2D eigenvalue weighted by Gasteiger charge is -2.03. The third-order valence-electron chi connectivity index (χ3n) is 3.32. The number of fused-ring (bicyclic) bond motifs is 1. The fourth-order valence-electron chi connectivity index (χ4n) is 2.12. The molecule has 0 bridgehead atoms. The molecule has 0 fully saturated rings. The average molecular weight is 313 g/mol. The molecule has 0 saturated carbocycles. The van der Waals surface area contributed by atoms with Gasteiger partial charge in [0, 0.05) is 11.6 Å². The Hall–Kier alpha value is -2.53. The first kappa shape index (κ1) is 14.4. The molecule has 1 aromatic heterocycles. The number of aryl methyl sites for hydroxylation is 1. The number of benzene rings is 2. The first-order valence-electron chi connectivity index (χ1n) is 6.78. The van der Waals surface area contributed by atoms with Crippen molar-refractivity contribution in [3.05, 3.63) is 78.0 Å². The summed E-state index contributed by atoms with van der Waals surface area (Å²) in [6.07, 6.45) is 2.93. The van der Waals surface area contributed by atoms with E-state index in [0.29, 0.717) is 0 Å². The van der Waals surface area contributed by atoms with Gasteiger partial charge in [-0.05, 0) is 31.2 Å².